The van der Waals surface area contributed by atoms with Crippen LogP contribution < -0.4 is 0 Å². The molecule has 0 radical (unpaired) electrons. The van der Waals surface area contributed by atoms with Crippen molar-refractivity contribution < 1.29 is 5.11 Å². The molecular weight excluding hydrogens is 176 g/mol. The molecular formula is C11H18N2O. The summed E-state index contributed by atoms with van der Waals surface area (Å²) in [5.41, 5.74) is -0.741. The van der Waals surface area contributed by atoms with Gasteiger partial charge in [0.15, 0.2) is 0 Å². The molecule has 0 bridgehead atoms. The van der Waals surface area contributed by atoms with Crippen LogP contribution in [-0.4, -0.2) is 34.7 Å². The smallest absolute Gasteiger partial charge is 0.0968 e. The summed E-state index contributed by atoms with van der Waals surface area (Å²) in [6.45, 7) is 3.91. The van der Waals surface area contributed by atoms with Crippen molar-refractivity contribution in [2.24, 2.45) is 5.92 Å². The van der Waals surface area contributed by atoms with Gasteiger partial charge in [0, 0.05) is 12.6 Å². The molecule has 3 heteroatoms. The van der Waals surface area contributed by atoms with E-state index in [2.05, 4.69) is 11.0 Å². The van der Waals surface area contributed by atoms with Crippen molar-refractivity contribution in [1.82, 2.24) is 4.90 Å². The third-order valence-electron chi connectivity index (χ3n) is 3.93. The Labute approximate surface area is 85.3 Å². The summed E-state index contributed by atoms with van der Waals surface area (Å²) < 4.78 is 0. The van der Waals surface area contributed by atoms with Crippen molar-refractivity contribution >= 4 is 0 Å². The summed E-state index contributed by atoms with van der Waals surface area (Å²) in [6, 6.07) is 2.45. The zero-order chi connectivity index (χ0) is 10.2. The van der Waals surface area contributed by atoms with E-state index in [4.69, 9.17) is 5.26 Å². The van der Waals surface area contributed by atoms with E-state index in [0.29, 0.717) is 0 Å². The average Bonchev–Trinajstić information content (AvgIpc) is 2.58. The maximum absolute atomic E-state index is 10.5. The zero-order valence-corrected chi connectivity index (χ0v) is 8.74. The molecule has 2 rings (SSSR count). The van der Waals surface area contributed by atoms with Crippen molar-refractivity contribution in [3.63, 3.8) is 0 Å². The van der Waals surface area contributed by atoms with E-state index in [-0.39, 0.29) is 12.0 Å². The molecule has 2 fully saturated rings. The van der Waals surface area contributed by atoms with E-state index in [1.807, 2.05) is 6.92 Å². The molecule has 3 unspecified atom stereocenters. The minimum absolute atomic E-state index is 0.240. The topological polar surface area (TPSA) is 47.3 Å². The van der Waals surface area contributed by atoms with Crippen LogP contribution in [0.25, 0.3) is 0 Å². The summed E-state index contributed by atoms with van der Waals surface area (Å²) in [5.74, 6) is -0.240. The fourth-order valence-corrected chi connectivity index (χ4v) is 2.93. The van der Waals surface area contributed by atoms with Crippen LogP contribution in [0.2, 0.25) is 0 Å². The van der Waals surface area contributed by atoms with E-state index in [0.717, 1.165) is 25.9 Å². The third-order valence-corrected chi connectivity index (χ3v) is 3.93. The number of fused-ring (bicyclic) bond motifs is 1. The Kier molecular flexibility index (Phi) is 2.50. The lowest BCUT2D eigenvalue weighted by atomic mass is 9.80. The average molecular weight is 194 g/mol. The molecule has 78 valence electrons. The van der Waals surface area contributed by atoms with Gasteiger partial charge in [-0.3, -0.25) is 4.90 Å². The number of hydrogen-bond acceptors (Lipinski definition) is 3. The lowest BCUT2D eigenvalue weighted by Gasteiger charge is -2.38. The number of aliphatic hydroxyl groups is 1. The molecule has 2 aliphatic rings. The monoisotopic (exact) mass is 194 g/mol. The van der Waals surface area contributed by atoms with Gasteiger partial charge in [-0.25, -0.2) is 0 Å². The van der Waals surface area contributed by atoms with Crippen molar-refractivity contribution in [1.29, 1.82) is 5.26 Å². The summed E-state index contributed by atoms with van der Waals surface area (Å²) in [5, 5.41) is 19.4. The second kappa shape index (κ2) is 3.52. The highest BCUT2D eigenvalue weighted by Gasteiger charge is 2.49. The molecule has 2 heterocycles. The third kappa shape index (κ3) is 1.34. The van der Waals surface area contributed by atoms with Gasteiger partial charge < -0.3 is 5.11 Å². The molecule has 0 aliphatic carbocycles. The number of hydrogen-bond donors (Lipinski definition) is 1. The van der Waals surface area contributed by atoms with Crippen LogP contribution in [-0.2, 0) is 0 Å². The SMILES string of the molecule is CC(C#N)C1(O)CCN2CCCCC21. The van der Waals surface area contributed by atoms with Gasteiger partial charge in [-0.2, -0.15) is 5.26 Å². The van der Waals surface area contributed by atoms with Crippen molar-refractivity contribution in [3.05, 3.63) is 0 Å². The van der Waals surface area contributed by atoms with Crippen LogP contribution in [0.15, 0.2) is 0 Å². The number of nitrogens with zero attached hydrogens (tertiary/aromatic N) is 2. The van der Waals surface area contributed by atoms with Crippen molar-refractivity contribution in [2.45, 2.75) is 44.2 Å². The van der Waals surface area contributed by atoms with Crippen LogP contribution in [0, 0.1) is 17.2 Å². The first-order valence-electron chi connectivity index (χ1n) is 5.54. The predicted molar refractivity (Wildman–Crippen MR) is 53.6 cm³/mol. The van der Waals surface area contributed by atoms with E-state index < -0.39 is 5.60 Å². The molecule has 2 saturated heterocycles. The molecule has 0 saturated carbocycles. The number of nitriles is 1. The normalized spacial score (nSPS) is 40.2. The van der Waals surface area contributed by atoms with Gasteiger partial charge in [-0.1, -0.05) is 6.42 Å². The second-order valence-corrected chi connectivity index (χ2v) is 4.64. The zero-order valence-electron chi connectivity index (χ0n) is 8.74. The quantitative estimate of drug-likeness (QED) is 0.681. The second-order valence-electron chi connectivity index (χ2n) is 4.64. The summed E-state index contributed by atoms with van der Waals surface area (Å²) >= 11 is 0. The Balaban J connectivity index is 2.17. The molecule has 0 spiro atoms. The van der Waals surface area contributed by atoms with E-state index >= 15 is 0 Å². The Bertz CT molecular complexity index is 261. The summed E-state index contributed by atoms with van der Waals surface area (Å²) in [6.07, 6.45) is 4.27. The van der Waals surface area contributed by atoms with E-state index in [1.165, 1.54) is 12.8 Å². The number of piperidine rings is 1. The molecule has 0 aromatic rings. The molecule has 14 heavy (non-hydrogen) atoms. The van der Waals surface area contributed by atoms with Gasteiger partial charge in [0.25, 0.3) is 0 Å². The van der Waals surface area contributed by atoms with Crippen molar-refractivity contribution in [3.8, 4) is 6.07 Å². The molecule has 0 aromatic heterocycles. The number of rotatable bonds is 1. The minimum atomic E-state index is -0.741. The fourth-order valence-electron chi connectivity index (χ4n) is 2.93. The molecule has 0 aromatic carbocycles. The molecule has 3 atom stereocenters. The van der Waals surface area contributed by atoms with Gasteiger partial charge in [0.05, 0.1) is 17.6 Å². The van der Waals surface area contributed by atoms with Crippen LogP contribution in [0.5, 0.6) is 0 Å². The highest BCUT2D eigenvalue weighted by molar-refractivity contribution is 5.08. The first-order chi connectivity index (χ1) is 6.68. The predicted octanol–water partition coefficient (Wildman–Crippen LogP) is 1.14. The fraction of sp³-hybridized carbons (Fsp3) is 0.909. The molecule has 2 aliphatic heterocycles. The minimum Gasteiger partial charge on any atom is -0.387 e. The summed E-state index contributed by atoms with van der Waals surface area (Å²) in [4.78, 5) is 2.36. The van der Waals surface area contributed by atoms with Crippen LogP contribution in [0.4, 0.5) is 0 Å². The highest BCUT2D eigenvalue weighted by Crippen LogP contribution is 2.39. The van der Waals surface area contributed by atoms with Crippen molar-refractivity contribution in [2.75, 3.05) is 13.1 Å². The highest BCUT2D eigenvalue weighted by atomic mass is 16.3. The Morgan fingerprint density at radius 3 is 3.00 bits per heavy atom. The maximum Gasteiger partial charge on any atom is 0.0968 e. The van der Waals surface area contributed by atoms with Gasteiger partial charge in [-0.05, 0) is 32.7 Å². The Morgan fingerprint density at radius 1 is 1.50 bits per heavy atom. The first kappa shape index (κ1) is 9.95. The standard InChI is InChI=1S/C11H18N2O/c1-9(8-12)11(14)5-7-13-6-3-2-4-10(11)13/h9-10,14H,2-7H2,1H3. The Morgan fingerprint density at radius 2 is 2.29 bits per heavy atom. The lowest BCUT2D eigenvalue weighted by molar-refractivity contribution is -0.0347. The summed E-state index contributed by atoms with van der Waals surface area (Å²) in [7, 11) is 0. The van der Waals surface area contributed by atoms with Gasteiger partial charge >= 0.3 is 0 Å². The van der Waals surface area contributed by atoms with Crippen LogP contribution in [0.1, 0.15) is 32.6 Å². The van der Waals surface area contributed by atoms with E-state index in [1.54, 1.807) is 0 Å². The first-order valence-corrected chi connectivity index (χ1v) is 5.54. The van der Waals surface area contributed by atoms with Gasteiger partial charge in [0.2, 0.25) is 0 Å². The Hall–Kier alpha value is -0.590. The molecule has 3 nitrogen and oxygen atoms in total. The molecule has 1 N–H and O–H groups in total. The van der Waals surface area contributed by atoms with E-state index in [9.17, 15) is 5.11 Å². The largest absolute Gasteiger partial charge is 0.387 e. The lowest BCUT2D eigenvalue weighted by Crippen LogP contribution is -2.50. The van der Waals surface area contributed by atoms with Gasteiger partial charge in [-0.15, -0.1) is 0 Å². The van der Waals surface area contributed by atoms with Crippen LogP contribution >= 0.6 is 0 Å². The maximum atomic E-state index is 10.5. The van der Waals surface area contributed by atoms with Crippen LogP contribution in [0.3, 0.4) is 0 Å². The van der Waals surface area contributed by atoms with Gasteiger partial charge in [0.1, 0.15) is 0 Å². The molecule has 0 amide bonds.